The van der Waals surface area contributed by atoms with Crippen LogP contribution in [-0.2, 0) is 6.42 Å². The van der Waals surface area contributed by atoms with E-state index < -0.39 is 0 Å². The summed E-state index contributed by atoms with van der Waals surface area (Å²) in [6, 6.07) is 5.72. The van der Waals surface area contributed by atoms with Gasteiger partial charge in [0.2, 0.25) is 0 Å². The van der Waals surface area contributed by atoms with Crippen molar-refractivity contribution >= 4 is 5.69 Å². The molecule has 1 aliphatic heterocycles. The Morgan fingerprint density at radius 2 is 2.29 bits per heavy atom. The summed E-state index contributed by atoms with van der Waals surface area (Å²) in [6.45, 7) is 3.10. The van der Waals surface area contributed by atoms with Crippen molar-refractivity contribution in [1.29, 1.82) is 0 Å². The zero-order chi connectivity index (χ0) is 9.97. The molecule has 0 bridgehead atoms. The summed E-state index contributed by atoms with van der Waals surface area (Å²) >= 11 is 0. The molecule has 0 saturated carbocycles. The van der Waals surface area contributed by atoms with Crippen LogP contribution in [-0.4, -0.2) is 11.7 Å². The lowest BCUT2D eigenvalue weighted by atomic mass is 10.0. The molecule has 0 fully saturated rings. The minimum atomic E-state index is 0.389. The van der Waals surface area contributed by atoms with E-state index in [0.717, 1.165) is 25.1 Å². The summed E-state index contributed by atoms with van der Waals surface area (Å²) in [6.07, 6.45) is 6.20. The molecule has 1 heterocycles. The summed E-state index contributed by atoms with van der Waals surface area (Å²) in [4.78, 5) is 2.12. The fourth-order valence-electron chi connectivity index (χ4n) is 1.88. The van der Waals surface area contributed by atoms with Crippen LogP contribution in [0.2, 0.25) is 0 Å². The fraction of sp³-hybridized carbons (Fsp3) is 0.333. The molecule has 74 valence electrons. The first kappa shape index (κ1) is 9.13. The van der Waals surface area contributed by atoms with Gasteiger partial charge in [0.25, 0.3) is 0 Å². The average molecular weight is 189 g/mol. The zero-order valence-electron chi connectivity index (χ0n) is 8.40. The lowest BCUT2D eigenvalue weighted by molar-refractivity contribution is 0.474. The number of phenols is 1. The average Bonchev–Trinajstić information content (AvgIpc) is 2.19. The quantitative estimate of drug-likeness (QED) is 0.773. The van der Waals surface area contributed by atoms with Gasteiger partial charge >= 0.3 is 0 Å². The highest BCUT2D eigenvalue weighted by molar-refractivity contribution is 5.67. The van der Waals surface area contributed by atoms with Gasteiger partial charge < -0.3 is 10.0 Å². The van der Waals surface area contributed by atoms with Crippen molar-refractivity contribution in [2.75, 3.05) is 11.4 Å². The van der Waals surface area contributed by atoms with Gasteiger partial charge in [0.15, 0.2) is 0 Å². The molecule has 14 heavy (non-hydrogen) atoms. The number of rotatable bonds is 2. The summed E-state index contributed by atoms with van der Waals surface area (Å²) in [5.74, 6) is 0.389. The van der Waals surface area contributed by atoms with Gasteiger partial charge in [0, 0.05) is 12.7 Å². The van der Waals surface area contributed by atoms with Crippen molar-refractivity contribution in [1.82, 2.24) is 0 Å². The number of hydrogen-bond acceptors (Lipinski definition) is 2. The Kier molecular flexibility index (Phi) is 2.44. The van der Waals surface area contributed by atoms with E-state index in [-0.39, 0.29) is 0 Å². The first-order chi connectivity index (χ1) is 6.83. The standard InChI is InChI=1S/C12H15NO/c1-2-8-13-9-4-6-10-5-3-7-11(14)12(10)13/h3-5,7,9,14H,2,6,8H2,1H3. The van der Waals surface area contributed by atoms with Crippen LogP contribution in [0.25, 0.3) is 0 Å². The third kappa shape index (κ3) is 1.48. The van der Waals surface area contributed by atoms with E-state index in [2.05, 4.69) is 30.2 Å². The SMILES string of the molecule is CCCN1C=CCc2cccc(O)c21. The molecule has 0 radical (unpaired) electrons. The van der Waals surface area contributed by atoms with Crippen molar-refractivity contribution in [3.8, 4) is 5.75 Å². The van der Waals surface area contributed by atoms with Gasteiger partial charge in [0.1, 0.15) is 5.75 Å². The molecule has 0 atom stereocenters. The number of para-hydroxylation sites is 1. The van der Waals surface area contributed by atoms with Crippen molar-refractivity contribution < 1.29 is 5.11 Å². The number of allylic oxidation sites excluding steroid dienone is 1. The molecule has 2 rings (SSSR count). The molecular formula is C12H15NO. The number of aromatic hydroxyl groups is 1. The number of hydrogen-bond donors (Lipinski definition) is 1. The maximum atomic E-state index is 9.78. The molecule has 1 N–H and O–H groups in total. The Morgan fingerprint density at radius 1 is 1.43 bits per heavy atom. The predicted molar refractivity (Wildman–Crippen MR) is 58.6 cm³/mol. The Morgan fingerprint density at radius 3 is 3.07 bits per heavy atom. The second kappa shape index (κ2) is 3.74. The maximum absolute atomic E-state index is 9.78. The van der Waals surface area contributed by atoms with Crippen molar-refractivity contribution in [2.24, 2.45) is 0 Å². The number of fused-ring (bicyclic) bond motifs is 1. The minimum absolute atomic E-state index is 0.389. The Hall–Kier alpha value is -1.44. The number of benzene rings is 1. The highest BCUT2D eigenvalue weighted by atomic mass is 16.3. The molecule has 2 heteroatoms. The summed E-state index contributed by atoms with van der Waals surface area (Å²) < 4.78 is 0. The Bertz CT molecular complexity index is 357. The van der Waals surface area contributed by atoms with E-state index in [9.17, 15) is 5.11 Å². The number of phenolic OH excluding ortho intramolecular Hbond substituents is 1. The molecule has 0 spiro atoms. The second-order valence-corrected chi connectivity index (χ2v) is 3.57. The van der Waals surface area contributed by atoms with Crippen LogP contribution < -0.4 is 4.90 Å². The summed E-state index contributed by atoms with van der Waals surface area (Å²) in [5.41, 5.74) is 2.19. The van der Waals surface area contributed by atoms with Crippen molar-refractivity contribution in [3.63, 3.8) is 0 Å². The third-order valence-corrected chi connectivity index (χ3v) is 2.47. The Balaban J connectivity index is 2.41. The van der Waals surface area contributed by atoms with E-state index in [1.807, 2.05) is 6.07 Å². The van der Waals surface area contributed by atoms with Crippen LogP contribution in [0.3, 0.4) is 0 Å². The molecule has 0 saturated heterocycles. The van der Waals surface area contributed by atoms with Crippen molar-refractivity contribution in [3.05, 3.63) is 36.0 Å². The third-order valence-electron chi connectivity index (χ3n) is 2.47. The van der Waals surface area contributed by atoms with Gasteiger partial charge in [-0.05, 0) is 24.5 Å². The smallest absolute Gasteiger partial charge is 0.139 e. The molecule has 0 amide bonds. The summed E-state index contributed by atoms with van der Waals surface area (Å²) in [7, 11) is 0. The minimum Gasteiger partial charge on any atom is -0.506 e. The molecule has 0 aromatic heterocycles. The van der Waals surface area contributed by atoms with Gasteiger partial charge in [0.05, 0.1) is 5.69 Å². The highest BCUT2D eigenvalue weighted by Crippen LogP contribution is 2.34. The van der Waals surface area contributed by atoms with E-state index in [1.165, 1.54) is 5.56 Å². The molecule has 1 aromatic carbocycles. The van der Waals surface area contributed by atoms with E-state index >= 15 is 0 Å². The molecule has 0 unspecified atom stereocenters. The predicted octanol–water partition coefficient (Wildman–Crippen LogP) is 2.68. The Labute approximate surface area is 84.5 Å². The molecule has 1 aliphatic rings. The number of anilines is 1. The molecule has 0 aliphatic carbocycles. The monoisotopic (exact) mass is 189 g/mol. The van der Waals surface area contributed by atoms with Gasteiger partial charge in [-0.3, -0.25) is 0 Å². The molecular weight excluding hydrogens is 174 g/mol. The first-order valence-electron chi connectivity index (χ1n) is 5.07. The van der Waals surface area contributed by atoms with Crippen LogP contribution in [0, 0.1) is 0 Å². The fourth-order valence-corrected chi connectivity index (χ4v) is 1.88. The zero-order valence-corrected chi connectivity index (χ0v) is 8.40. The van der Waals surface area contributed by atoms with Gasteiger partial charge in [-0.2, -0.15) is 0 Å². The molecule has 2 nitrogen and oxygen atoms in total. The normalized spacial score (nSPS) is 14.2. The first-order valence-corrected chi connectivity index (χ1v) is 5.07. The van der Waals surface area contributed by atoms with Crippen LogP contribution in [0.5, 0.6) is 5.75 Å². The van der Waals surface area contributed by atoms with Gasteiger partial charge in [-0.15, -0.1) is 0 Å². The van der Waals surface area contributed by atoms with Crippen molar-refractivity contribution in [2.45, 2.75) is 19.8 Å². The lowest BCUT2D eigenvalue weighted by Gasteiger charge is -2.26. The highest BCUT2D eigenvalue weighted by Gasteiger charge is 2.15. The van der Waals surface area contributed by atoms with Crippen LogP contribution in [0.1, 0.15) is 18.9 Å². The van der Waals surface area contributed by atoms with Crippen LogP contribution in [0.15, 0.2) is 30.5 Å². The lowest BCUT2D eigenvalue weighted by Crippen LogP contribution is -2.20. The second-order valence-electron chi connectivity index (χ2n) is 3.57. The van der Waals surface area contributed by atoms with Crippen LogP contribution >= 0.6 is 0 Å². The summed E-state index contributed by atoms with van der Waals surface area (Å²) in [5, 5.41) is 9.78. The van der Waals surface area contributed by atoms with E-state index in [4.69, 9.17) is 0 Å². The van der Waals surface area contributed by atoms with Gasteiger partial charge in [-0.1, -0.05) is 25.1 Å². The molecule has 1 aromatic rings. The topological polar surface area (TPSA) is 23.5 Å². The maximum Gasteiger partial charge on any atom is 0.139 e. The number of nitrogens with zero attached hydrogens (tertiary/aromatic N) is 1. The largest absolute Gasteiger partial charge is 0.506 e. The van der Waals surface area contributed by atoms with E-state index in [0.29, 0.717) is 5.75 Å². The van der Waals surface area contributed by atoms with Gasteiger partial charge in [-0.25, -0.2) is 0 Å². The van der Waals surface area contributed by atoms with Crippen LogP contribution in [0.4, 0.5) is 5.69 Å². The van der Waals surface area contributed by atoms with E-state index in [1.54, 1.807) is 6.07 Å².